The number of carboxylic acid groups (broad SMARTS) is 1. The Balaban J connectivity index is 1.65. The van der Waals surface area contributed by atoms with Gasteiger partial charge in [0.15, 0.2) is 6.04 Å². The maximum absolute atomic E-state index is 12.8. The lowest BCUT2D eigenvalue weighted by Gasteiger charge is -2.21. The standard InChI is InChI=1S/C26H29N3O6/c1-34-16-23(25(31)32)28-24(30)22(13-3-2-8-14-27)29-26(33)35-15-21-19-11-6-4-9-17(19)18-10-5-7-12-20(18)21/h4-7,9-12,21-23H,2-3,8,13,15-16H2,1H3,(H,28,30)(H,29,33)(H,31,32). The molecule has 2 atom stereocenters. The summed E-state index contributed by atoms with van der Waals surface area (Å²) in [6, 6.07) is 15.7. The SMILES string of the molecule is COCC(NC(=O)C(CCCCC#N)NC(=O)OCC1c2ccccc2-c2ccccc21)C(=O)O. The van der Waals surface area contributed by atoms with Gasteiger partial charge in [0.05, 0.1) is 12.7 Å². The van der Waals surface area contributed by atoms with E-state index in [1.54, 1.807) is 0 Å². The number of aliphatic carboxylic acids is 1. The van der Waals surface area contributed by atoms with Crippen molar-refractivity contribution in [1.82, 2.24) is 10.6 Å². The van der Waals surface area contributed by atoms with Crippen LogP contribution in [0.25, 0.3) is 11.1 Å². The van der Waals surface area contributed by atoms with E-state index < -0.39 is 30.1 Å². The van der Waals surface area contributed by atoms with Gasteiger partial charge in [0.1, 0.15) is 12.6 Å². The van der Waals surface area contributed by atoms with Crippen molar-refractivity contribution in [1.29, 1.82) is 5.26 Å². The molecule has 0 spiro atoms. The van der Waals surface area contributed by atoms with Gasteiger partial charge in [-0.1, -0.05) is 48.5 Å². The minimum Gasteiger partial charge on any atom is -0.480 e. The normalized spacial score (nSPS) is 13.6. The van der Waals surface area contributed by atoms with Crippen LogP contribution in [0.15, 0.2) is 48.5 Å². The molecule has 3 rings (SSSR count). The number of amides is 2. The zero-order chi connectivity index (χ0) is 25.2. The van der Waals surface area contributed by atoms with Gasteiger partial charge < -0.3 is 25.2 Å². The summed E-state index contributed by atoms with van der Waals surface area (Å²) < 4.78 is 10.4. The van der Waals surface area contributed by atoms with E-state index >= 15 is 0 Å². The summed E-state index contributed by atoms with van der Waals surface area (Å²) in [4.78, 5) is 36.8. The topological polar surface area (TPSA) is 138 Å². The fourth-order valence-corrected chi connectivity index (χ4v) is 4.22. The molecule has 0 saturated heterocycles. The van der Waals surface area contributed by atoms with Crippen molar-refractivity contribution in [3.8, 4) is 17.2 Å². The van der Waals surface area contributed by atoms with Crippen molar-refractivity contribution in [2.24, 2.45) is 0 Å². The summed E-state index contributed by atoms with van der Waals surface area (Å²) in [6.45, 7) is -0.128. The Morgan fingerprint density at radius 2 is 1.63 bits per heavy atom. The Morgan fingerprint density at radius 1 is 1.00 bits per heavy atom. The van der Waals surface area contributed by atoms with Crippen LogP contribution in [0.1, 0.15) is 42.7 Å². The third kappa shape index (κ3) is 6.58. The number of carbonyl (C=O) groups excluding carboxylic acids is 2. The largest absolute Gasteiger partial charge is 0.480 e. The molecule has 1 aliphatic rings. The van der Waals surface area contributed by atoms with Gasteiger partial charge in [-0.3, -0.25) is 4.79 Å². The summed E-state index contributed by atoms with van der Waals surface area (Å²) in [5.74, 6) is -2.03. The summed E-state index contributed by atoms with van der Waals surface area (Å²) in [5, 5.41) is 23.0. The number of methoxy groups -OCH3 is 1. The lowest BCUT2D eigenvalue weighted by atomic mass is 9.98. The van der Waals surface area contributed by atoms with Crippen molar-refractivity contribution in [2.75, 3.05) is 20.3 Å². The zero-order valence-corrected chi connectivity index (χ0v) is 19.5. The van der Waals surface area contributed by atoms with E-state index in [-0.39, 0.29) is 25.6 Å². The second-order valence-corrected chi connectivity index (χ2v) is 8.28. The van der Waals surface area contributed by atoms with Crippen LogP contribution in [-0.4, -0.2) is 55.5 Å². The number of carbonyl (C=O) groups is 3. The molecule has 35 heavy (non-hydrogen) atoms. The highest BCUT2D eigenvalue weighted by Gasteiger charge is 2.30. The van der Waals surface area contributed by atoms with Gasteiger partial charge >= 0.3 is 12.1 Å². The smallest absolute Gasteiger partial charge is 0.407 e. The number of nitrogens with one attached hydrogen (secondary N) is 2. The number of nitriles is 1. The zero-order valence-electron chi connectivity index (χ0n) is 19.5. The van der Waals surface area contributed by atoms with Gasteiger partial charge in [0.2, 0.25) is 5.91 Å². The van der Waals surface area contributed by atoms with Crippen LogP contribution in [-0.2, 0) is 19.1 Å². The van der Waals surface area contributed by atoms with E-state index in [9.17, 15) is 19.5 Å². The van der Waals surface area contributed by atoms with Crippen LogP contribution >= 0.6 is 0 Å². The molecule has 0 bridgehead atoms. The van der Waals surface area contributed by atoms with Gasteiger partial charge in [0.25, 0.3) is 0 Å². The third-order valence-electron chi connectivity index (χ3n) is 5.93. The van der Waals surface area contributed by atoms with Crippen molar-refractivity contribution in [2.45, 2.75) is 43.7 Å². The van der Waals surface area contributed by atoms with Crippen LogP contribution in [0, 0.1) is 11.3 Å². The molecule has 0 fully saturated rings. The molecule has 2 amide bonds. The van der Waals surface area contributed by atoms with E-state index in [0.717, 1.165) is 22.3 Å². The monoisotopic (exact) mass is 479 g/mol. The number of nitrogens with zero attached hydrogens (tertiary/aromatic N) is 1. The van der Waals surface area contributed by atoms with E-state index in [1.165, 1.54) is 7.11 Å². The predicted molar refractivity (Wildman–Crippen MR) is 128 cm³/mol. The Bertz CT molecular complexity index is 1050. The molecular formula is C26H29N3O6. The highest BCUT2D eigenvalue weighted by molar-refractivity contribution is 5.89. The molecule has 2 unspecified atom stereocenters. The second kappa shape index (κ2) is 12.5. The summed E-state index contributed by atoms with van der Waals surface area (Å²) >= 11 is 0. The third-order valence-corrected chi connectivity index (χ3v) is 5.93. The Labute approximate surface area is 204 Å². The first-order valence-corrected chi connectivity index (χ1v) is 11.5. The van der Waals surface area contributed by atoms with Gasteiger partial charge in [-0.05, 0) is 41.5 Å². The van der Waals surface area contributed by atoms with Crippen molar-refractivity contribution in [3.63, 3.8) is 0 Å². The van der Waals surface area contributed by atoms with Crippen molar-refractivity contribution < 1.29 is 29.0 Å². The maximum atomic E-state index is 12.8. The van der Waals surface area contributed by atoms with Gasteiger partial charge in [-0.15, -0.1) is 0 Å². The molecule has 0 saturated carbocycles. The van der Waals surface area contributed by atoms with Crippen molar-refractivity contribution in [3.05, 3.63) is 59.7 Å². The van der Waals surface area contributed by atoms with E-state index in [4.69, 9.17) is 14.7 Å². The van der Waals surface area contributed by atoms with Crippen LogP contribution in [0.2, 0.25) is 0 Å². The fraction of sp³-hybridized carbons (Fsp3) is 0.385. The minimum atomic E-state index is -1.25. The number of unbranched alkanes of at least 4 members (excludes halogenated alkanes) is 2. The number of ether oxygens (including phenoxy) is 2. The Morgan fingerprint density at radius 3 is 2.20 bits per heavy atom. The molecule has 1 aliphatic carbocycles. The van der Waals surface area contributed by atoms with Gasteiger partial charge in [-0.2, -0.15) is 5.26 Å². The summed E-state index contributed by atoms with van der Waals surface area (Å²) in [7, 11) is 1.33. The maximum Gasteiger partial charge on any atom is 0.407 e. The molecule has 184 valence electrons. The van der Waals surface area contributed by atoms with Crippen LogP contribution in [0.4, 0.5) is 4.79 Å². The van der Waals surface area contributed by atoms with Crippen LogP contribution in [0.5, 0.6) is 0 Å². The van der Waals surface area contributed by atoms with E-state index in [2.05, 4.69) is 10.6 Å². The second-order valence-electron chi connectivity index (χ2n) is 8.28. The quantitative estimate of drug-likeness (QED) is 0.398. The molecule has 2 aromatic rings. The lowest BCUT2D eigenvalue weighted by molar-refractivity contribution is -0.143. The summed E-state index contributed by atoms with van der Waals surface area (Å²) in [5.41, 5.74) is 4.33. The van der Waals surface area contributed by atoms with E-state index in [1.807, 2.05) is 54.6 Å². The molecule has 0 aromatic heterocycles. The van der Waals surface area contributed by atoms with Crippen LogP contribution < -0.4 is 10.6 Å². The molecule has 9 nitrogen and oxygen atoms in total. The average molecular weight is 480 g/mol. The first-order valence-electron chi connectivity index (χ1n) is 11.5. The minimum absolute atomic E-state index is 0.0874. The average Bonchev–Trinajstić information content (AvgIpc) is 3.18. The van der Waals surface area contributed by atoms with Gasteiger partial charge in [-0.25, -0.2) is 9.59 Å². The lowest BCUT2D eigenvalue weighted by Crippen LogP contribution is -2.53. The summed E-state index contributed by atoms with van der Waals surface area (Å²) in [6.07, 6.45) is 0.827. The number of carboxylic acids is 1. The molecule has 0 heterocycles. The molecule has 0 aliphatic heterocycles. The number of hydrogen-bond acceptors (Lipinski definition) is 6. The van der Waals surface area contributed by atoms with Crippen LogP contribution in [0.3, 0.4) is 0 Å². The Kier molecular flexibility index (Phi) is 9.21. The van der Waals surface area contributed by atoms with Gasteiger partial charge in [0, 0.05) is 19.4 Å². The Hall–Kier alpha value is -3.90. The number of rotatable bonds is 12. The number of benzene rings is 2. The number of fused-ring (bicyclic) bond motifs is 3. The van der Waals surface area contributed by atoms with Crippen molar-refractivity contribution >= 4 is 18.0 Å². The first kappa shape index (κ1) is 25.7. The predicted octanol–water partition coefficient (Wildman–Crippen LogP) is 3.19. The molecular weight excluding hydrogens is 450 g/mol. The highest BCUT2D eigenvalue weighted by atomic mass is 16.5. The molecule has 0 radical (unpaired) electrons. The van der Waals surface area contributed by atoms with E-state index in [0.29, 0.717) is 19.3 Å². The number of hydrogen-bond donors (Lipinski definition) is 3. The first-order chi connectivity index (χ1) is 17.0. The molecule has 9 heteroatoms. The molecule has 3 N–H and O–H groups in total. The fourth-order valence-electron chi connectivity index (χ4n) is 4.22. The number of alkyl carbamates (subject to hydrolysis) is 1. The molecule has 2 aromatic carbocycles. The highest BCUT2D eigenvalue weighted by Crippen LogP contribution is 2.44.